The summed E-state index contributed by atoms with van der Waals surface area (Å²) < 4.78 is 0. The molecule has 3 aliphatic rings. The summed E-state index contributed by atoms with van der Waals surface area (Å²) in [5.41, 5.74) is -4.56. The summed E-state index contributed by atoms with van der Waals surface area (Å²) in [6.07, 6.45) is 2.47. The van der Waals surface area contributed by atoms with Crippen LogP contribution in [0.1, 0.15) is 73.1 Å². The lowest BCUT2D eigenvalue weighted by Crippen LogP contribution is -2.81. The maximum atomic E-state index is 13.3. The van der Waals surface area contributed by atoms with E-state index in [0.717, 1.165) is 17.6 Å². The molecule has 0 unspecified atom stereocenters. The van der Waals surface area contributed by atoms with Crippen molar-refractivity contribution in [1.82, 2.24) is 0 Å². The van der Waals surface area contributed by atoms with E-state index in [1.165, 1.54) is 0 Å². The molecule has 0 aromatic rings. The van der Waals surface area contributed by atoms with E-state index in [4.69, 9.17) is 0 Å². The van der Waals surface area contributed by atoms with Crippen molar-refractivity contribution in [3.05, 3.63) is 11.1 Å². The number of ketones is 1. The topological polar surface area (TPSA) is 98.0 Å². The van der Waals surface area contributed by atoms with E-state index < -0.39 is 33.7 Å². The zero-order valence-electron chi connectivity index (χ0n) is 16.0. The normalized spacial score (nSPS) is 46.3. The highest BCUT2D eigenvalue weighted by molar-refractivity contribution is 5.89. The van der Waals surface area contributed by atoms with E-state index in [0.29, 0.717) is 19.3 Å². The minimum Gasteiger partial charge on any atom is -0.383 e. The molecule has 2 saturated carbocycles. The van der Waals surface area contributed by atoms with E-state index in [1.54, 1.807) is 27.7 Å². The average Bonchev–Trinajstić information content (AvgIpc) is 2.51. The second-order valence-electron chi connectivity index (χ2n) is 9.41. The third-order valence-electron chi connectivity index (χ3n) is 8.09. The van der Waals surface area contributed by atoms with Crippen molar-refractivity contribution in [3.63, 3.8) is 0 Å². The number of hydrogen-bond acceptors (Lipinski definition) is 5. The summed E-state index contributed by atoms with van der Waals surface area (Å²) in [5.74, 6) is -3.47. The fraction of sp³-hybridized carbons (Fsp3) is 0.850. The maximum Gasteiger partial charge on any atom is 0.224 e. The van der Waals surface area contributed by atoms with Crippen molar-refractivity contribution >= 4 is 5.78 Å². The van der Waals surface area contributed by atoms with E-state index in [1.807, 2.05) is 6.92 Å². The maximum absolute atomic E-state index is 13.3. The number of allylic oxidation sites excluding steroid dienone is 1. The first-order valence-corrected chi connectivity index (χ1v) is 9.39. The standard InChI is InChI=1S/C20H32O5/c1-12-8-10-18(22)16(3,4)14(12)11-15(21)17(5)9-6-7-13(2)19(17,23)20(18,24)25/h13,22-25H,6-11H2,1-5H3/t13-,17+,18+,19+/m1/s1. The van der Waals surface area contributed by atoms with Gasteiger partial charge < -0.3 is 20.4 Å². The average molecular weight is 352 g/mol. The molecule has 0 radical (unpaired) electrons. The molecule has 4 N–H and O–H groups in total. The number of fused-ring (bicyclic) bond motifs is 3. The molecule has 5 nitrogen and oxygen atoms in total. The van der Waals surface area contributed by atoms with Gasteiger partial charge in [0.2, 0.25) is 5.79 Å². The van der Waals surface area contributed by atoms with Crippen LogP contribution in [0.25, 0.3) is 0 Å². The summed E-state index contributed by atoms with van der Waals surface area (Å²) in [7, 11) is 0. The van der Waals surface area contributed by atoms with Crippen molar-refractivity contribution < 1.29 is 25.2 Å². The molecule has 2 fully saturated rings. The number of Topliss-reactive ketones (excluding diaryl/α,β-unsaturated/α-hetero) is 1. The molecule has 25 heavy (non-hydrogen) atoms. The van der Waals surface area contributed by atoms with Crippen molar-refractivity contribution in [3.8, 4) is 0 Å². The van der Waals surface area contributed by atoms with Crippen molar-refractivity contribution in [2.24, 2.45) is 16.7 Å². The van der Waals surface area contributed by atoms with Crippen molar-refractivity contribution in [1.29, 1.82) is 0 Å². The molecule has 0 heterocycles. The number of rotatable bonds is 0. The molecule has 2 bridgehead atoms. The number of carbonyl (C=O) groups excluding carboxylic acids is 1. The Bertz CT molecular complexity index is 648. The Morgan fingerprint density at radius 1 is 1.04 bits per heavy atom. The summed E-state index contributed by atoms with van der Waals surface area (Å²) >= 11 is 0. The van der Waals surface area contributed by atoms with Crippen LogP contribution in [0.2, 0.25) is 0 Å². The smallest absolute Gasteiger partial charge is 0.224 e. The van der Waals surface area contributed by atoms with Crippen LogP contribution >= 0.6 is 0 Å². The molecule has 3 rings (SSSR count). The molecule has 0 amide bonds. The van der Waals surface area contributed by atoms with Crippen LogP contribution in [0, 0.1) is 16.7 Å². The predicted molar refractivity (Wildman–Crippen MR) is 93.5 cm³/mol. The van der Waals surface area contributed by atoms with Crippen LogP contribution in [0.4, 0.5) is 0 Å². The molecule has 0 aliphatic heterocycles. The Kier molecular flexibility index (Phi) is 3.92. The highest BCUT2D eigenvalue weighted by Gasteiger charge is 2.76. The molecule has 0 aromatic heterocycles. The fourth-order valence-electron chi connectivity index (χ4n) is 6.05. The lowest BCUT2D eigenvalue weighted by molar-refractivity contribution is -0.406. The number of hydrogen-bond donors (Lipinski definition) is 4. The van der Waals surface area contributed by atoms with E-state index in [-0.39, 0.29) is 18.6 Å². The first-order valence-electron chi connectivity index (χ1n) is 9.39. The Morgan fingerprint density at radius 3 is 2.24 bits per heavy atom. The van der Waals surface area contributed by atoms with Gasteiger partial charge in [-0.3, -0.25) is 4.79 Å². The van der Waals surface area contributed by atoms with E-state index in [2.05, 4.69) is 0 Å². The molecule has 0 spiro atoms. The molecular formula is C20H32O5. The molecule has 142 valence electrons. The minimum atomic E-state index is -2.79. The van der Waals surface area contributed by atoms with Crippen molar-refractivity contribution in [2.45, 2.75) is 90.1 Å². The zero-order chi connectivity index (χ0) is 19.1. The van der Waals surface area contributed by atoms with Crippen LogP contribution in [0.15, 0.2) is 11.1 Å². The molecule has 4 atom stereocenters. The SMILES string of the molecule is CC1=C2CC(=O)[C@]3(C)CCC[C@@H](C)[C@@]3(O)C(O)(O)[C@](O)(CC1)C2(C)C. The summed E-state index contributed by atoms with van der Waals surface area (Å²) in [6, 6.07) is 0. The Labute approximate surface area is 149 Å². The van der Waals surface area contributed by atoms with E-state index in [9.17, 15) is 25.2 Å². The monoisotopic (exact) mass is 352 g/mol. The van der Waals surface area contributed by atoms with Gasteiger partial charge in [0, 0.05) is 11.8 Å². The minimum absolute atomic E-state index is 0.141. The van der Waals surface area contributed by atoms with Gasteiger partial charge in [0.05, 0.1) is 5.41 Å². The fourth-order valence-corrected chi connectivity index (χ4v) is 6.05. The quantitative estimate of drug-likeness (QED) is 0.395. The van der Waals surface area contributed by atoms with E-state index >= 15 is 0 Å². The molecule has 0 saturated heterocycles. The number of carbonyl (C=O) groups is 1. The van der Waals surface area contributed by atoms with Crippen molar-refractivity contribution in [2.75, 3.05) is 0 Å². The van der Waals surface area contributed by atoms with Crippen LogP contribution in [-0.4, -0.2) is 43.2 Å². The Morgan fingerprint density at radius 2 is 1.64 bits per heavy atom. The zero-order valence-corrected chi connectivity index (χ0v) is 16.0. The largest absolute Gasteiger partial charge is 0.383 e. The van der Waals surface area contributed by atoms with Gasteiger partial charge in [-0.05, 0) is 45.4 Å². The van der Waals surface area contributed by atoms with Gasteiger partial charge >= 0.3 is 0 Å². The molecule has 3 aliphatic carbocycles. The van der Waals surface area contributed by atoms with Gasteiger partial charge in [-0.15, -0.1) is 0 Å². The van der Waals surface area contributed by atoms with Gasteiger partial charge in [-0.2, -0.15) is 0 Å². The Balaban J connectivity index is 2.36. The summed E-state index contributed by atoms with van der Waals surface area (Å²) in [4.78, 5) is 13.3. The third kappa shape index (κ3) is 1.90. The second kappa shape index (κ2) is 5.16. The lowest BCUT2D eigenvalue weighted by atomic mass is 9.45. The second-order valence-corrected chi connectivity index (χ2v) is 9.41. The molecule has 5 heteroatoms. The summed E-state index contributed by atoms with van der Waals surface area (Å²) in [5, 5.41) is 46.0. The van der Waals surface area contributed by atoms with Gasteiger partial charge in [0.15, 0.2) is 0 Å². The van der Waals surface area contributed by atoms with Gasteiger partial charge in [0.25, 0.3) is 0 Å². The predicted octanol–water partition coefficient (Wildman–Crippen LogP) is 2.07. The third-order valence-corrected chi connectivity index (χ3v) is 8.09. The van der Waals surface area contributed by atoms with Crippen LogP contribution in [0.5, 0.6) is 0 Å². The van der Waals surface area contributed by atoms with Gasteiger partial charge in [-0.1, -0.05) is 38.3 Å². The number of aliphatic hydroxyl groups is 4. The highest BCUT2D eigenvalue weighted by Crippen LogP contribution is 2.63. The molecule has 0 aromatic carbocycles. The van der Waals surface area contributed by atoms with Crippen LogP contribution < -0.4 is 0 Å². The first-order chi connectivity index (χ1) is 11.3. The van der Waals surface area contributed by atoms with Crippen LogP contribution in [0.3, 0.4) is 0 Å². The van der Waals surface area contributed by atoms with Gasteiger partial charge in [-0.25, -0.2) is 0 Å². The lowest BCUT2D eigenvalue weighted by Gasteiger charge is -2.65. The van der Waals surface area contributed by atoms with Gasteiger partial charge in [0.1, 0.15) is 17.0 Å². The molecular weight excluding hydrogens is 320 g/mol. The highest BCUT2D eigenvalue weighted by atomic mass is 16.6. The summed E-state index contributed by atoms with van der Waals surface area (Å²) in [6.45, 7) is 8.83. The Hall–Kier alpha value is -0.750. The van der Waals surface area contributed by atoms with Crippen LogP contribution in [-0.2, 0) is 4.79 Å². The first kappa shape index (κ1) is 19.0.